The van der Waals surface area contributed by atoms with Crippen molar-refractivity contribution in [3.8, 4) is 0 Å². The number of halogens is 1. The van der Waals surface area contributed by atoms with E-state index in [0.29, 0.717) is 25.1 Å². The van der Waals surface area contributed by atoms with Crippen LogP contribution in [0.5, 0.6) is 0 Å². The maximum absolute atomic E-state index is 14.0. The number of hydrogen-bond donors (Lipinski definition) is 1. The van der Waals surface area contributed by atoms with Crippen LogP contribution in [0.1, 0.15) is 43.9 Å². The third kappa shape index (κ3) is 7.68. The van der Waals surface area contributed by atoms with Gasteiger partial charge in [0.15, 0.2) is 0 Å². The Morgan fingerprint density at radius 3 is 2.21 bits per heavy atom. The van der Waals surface area contributed by atoms with Gasteiger partial charge in [-0.3, -0.25) is 9.59 Å². The maximum Gasteiger partial charge on any atom is 0.210 e. The second-order valence-electron chi connectivity index (χ2n) is 8.73. The van der Waals surface area contributed by atoms with E-state index in [1.807, 2.05) is 18.2 Å². The van der Waals surface area contributed by atoms with Crippen LogP contribution < -0.4 is 5.32 Å². The average Bonchev–Trinajstić information content (AvgIpc) is 2.67. The summed E-state index contributed by atoms with van der Waals surface area (Å²) in [6.07, 6.45) is 3.22. The molecule has 0 saturated heterocycles. The first kappa shape index (κ1) is 22.6. The Hall–Kier alpha value is -2.69. The van der Waals surface area contributed by atoms with Crippen LogP contribution >= 0.6 is 0 Å². The lowest BCUT2D eigenvalue weighted by Crippen LogP contribution is -2.31. The van der Waals surface area contributed by atoms with Crippen LogP contribution in [0.25, 0.3) is 0 Å². The Labute approximate surface area is 173 Å². The minimum absolute atomic E-state index is 0.0905. The molecule has 2 aromatic carbocycles. The molecule has 1 unspecified atom stereocenters. The second-order valence-corrected chi connectivity index (χ2v) is 8.73. The van der Waals surface area contributed by atoms with Crippen LogP contribution in [0.3, 0.4) is 0 Å². The zero-order chi connectivity index (χ0) is 21.3. The summed E-state index contributed by atoms with van der Waals surface area (Å²) in [7, 11) is 0. The fraction of sp³-hybridized carbons (Fsp3) is 0.417. The second kappa shape index (κ2) is 10.7. The lowest BCUT2D eigenvalue weighted by Gasteiger charge is -2.30. The van der Waals surface area contributed by atoms with Crippen molar-refractivity contribution in [2.45, 2.75) is 46.7 Å². The van der Waals surface area contributed by atoms with Crippen LogP contribution in [0.2, 0.25) is 0 Å². The van der Waals surface area contributed by atoms with E-state index in [1.165, 1.54) is 6.07 Å². The molecule has 156 valence electrons. The summed E-state index contributed by atoms with van der Waals surface area (Å²) in [5.41, 5.74) is 2.84. The topological polar surface area (TPSA) is 49.4 Å². The normalized spacial score (nSPS) is 12.3. The van der Waals surface area contributed by atoms with E-state index in [-0.39, 0.29) is 23.7 Å². The molecule has 0 aliphatic carbocycles. The molecule has 1 atom stereocenters. The van der Waals surface area contributed by atoms with Gasteiger partial charge in [-0.2, -0.15) is 0 Å². The molecule has 0 aliphatic heterocycles. The maximum atomic E-state index is 14.0. The molecular formula is C24H31FN2O2. The number of rotatable bonds is 11. The molecule has 0 aliphatic rings. The molecule has 0 heterocycles. The van der Waals surface area contributed by atoms with Gasteiger partial charge in [0.2, 0.25) is 12.8 Å². The number of carbonyl (C=O) groups excluding carboxylic acids is 2. The van der Waals surface area contributed by atoms with Gasteiger partial charge in [0.25, 0.3) is 0 Å². The van der Waals surface area contributed by atoms with Crippen molar-refractivity contribution in [1.29, 1.82) is 0 Å². The summed E-state index contributed by atoms with van der Waals surface area (Å²) in [6, 6.07) is 14.6. The number of nitrogens with zero attached hydrogens (tertiary/aromatic N) is 1. The number of benzene rings is 2. The van der Waals surface area contributed by atoms with Gasteiger partial charge in [-0.1, -0.05) is 63.2 Å². The fourth-order valence-corrected chi connectivity index (χ4v) is 3.78. The SMILES string of the molecule is CC(C)(C)CC(Cc1ccccc1CNC=O)CN(C=O)Cc1ccccc1F. The Balaban J connectivity index is 2.18. The smallest absolute Gasteiger partial charge is 0.210 e. The molecule has 5 heteroatoms. The zero-order valence-corrected chi connectivity index (χ0v) is 17.5. The zero-order valence-electron chi connectivity index (χ0n) is 17.5. The van der Waals surface area contributed by atoms with E-state index in [9.17, 15) is 14.0 Å². The molecule has 1 N–H and O–H groups in total. The van der Waals surface area contributed by atoms with Crippen molar-refractivity contribution in [1.82, 2.24) is 10.2 Å². The van der Waals surface area contributed by atoms with Crippen LogP contribution in [-0.2, 0) is 29.1 Å². The number of nitrogens with one attached hydrogen (secondary N) is 1. The summed E-state index contributed by atoms with van der Waals surface area (Å²) < 4.78 is 14.0. The minimum Gasteiger partial charge on any atom is -0.355 e. The van der Waals surface area contributed by atoms with Gasteiger partial charge in [-0.05, 0) is 41.4 Å². The highest BCUT2D eigenvalue weighted by Gasteiger charge is 2.22. The Bertz CT molecular complexity index is 801. The van der Waals surface area contributed by atoms with E-state index in [4.69, 9.17) is 0 Å². The lowest BCUT2D eigenvalue weighted by molar-refractivity contribution is -0.119. The highest BCUT2D eigenvalue weighted by atomic mass is 19.1. The first-order valence-electron chi connectivity index (χ1n) is 9.99. The van der Waals surface area contributed by atoms with Crippen LogP contribution in [0, 0.1) is 17.2 Å². The van der Waals surface area contributed by atoms with E-state index in [0.717, 1.165) is 30.4 Å². The first-order valence-corrected chi connectivity index (χ1v) is 9.99. The van der Waals surface area contributed by atoms with E-state index in [2.05, 4.69) is 32.2 Å². The van der Waals surface area contributed by atoms with Crippen molar-refractivity contribution in [3.05, 3.63) is 71.0 Å². The highest BCUT2D eigenvalue weighted by Crippen LogP contribution is 2.28. The number of amides is 2. The van der Waals surface area contributed by atoms with Crippen molar-refractivity contribution < 1.29 is 14.0 Å². The third-order valence-corrected chi connectivity index (χ3v) is 4.88. The fourth-order valence-electron chi connectivity index (χ4n) is 3.78. The van der Waals surface area contributed by atoms with Gasteiger partial charge in [-0.15, -0.1) is 0 Å². The molecule has 0 spiro atoms. The van der Waals surface area contributed by atoms with Crippen LogP contribution in [0.15, 0.2) is 48.5 Å². The first-order chi connectivity index (χ1) is 13.8. The largest absolute Gasteiger partial charge is 0.355 e. The van der Waals surface area contributed by atoms with Crippen LogP contribution in [-0.4, -0.2) is 24.3 Å². The standard InChI is InChI=1S/C24H31FN2O2/c1-24(2,3)13-19(12-20-8-4-5-9-21(20)14-26-17-28)15-27(18-29)16-22-10-6-7-11-23(22)25/h4-11,17-19H,12-16H2,1-3H3,(H,26,28). The van der Waals surface area contributed by atoms with Crippen molar-refractivity contribution in [2.24, 2.45) is 11.3 Å². The molecular weight excluding hydrogens is 367 g/mol. The summed E-state index contributed by atoms with van der Waals surface area (Å²) in [6.45, 7) is 7.83. The number of hydrogen-bond acceptors (Lipinski definition) is 2. The monoisotopic (exact) mass is 398 g/mol. The molecule has 2 rings (SSSR count). The van der Waals surface area contributed by atoms with Crippen molar-refractivity contribution >= 4 is 12.8 Å². The Morgan fingerprint density at radius 2 is 1.62 bits per heavy atom. The van der Waals surface area contributed by atoms with Gasteiger partial charge in [0.05, 0.1) is 0 Å². The summed E-state index contributed by atoms with van der Waals surface area (Å²) in [5, 5.41) is 2.73. The molecule has 0 radical (unpaired) electrons. The Kier molecular flexibility index (Phi) is 8.37. The quantitative estimate of drug-likeness (QED) is 0.573. The predicted molar refractivity (Wildman–Crippen MR) is 113 cm³/mol. The van der Waals surface area contributed by atoms with Gasteiger partial charge in [0.1, 0.15) is 5.82 Å². The molecule has 2 amide bonds. The molecule has 0 bridgehead atoms. The molecule has 0 fully saturated rings. The minimum atomic E-state index is -0.294. The molecule has 0 saturated carbocycles. The summed E-state index contributed by atoms with van der Waals surface area (Å²) in [4.78, 5) is 24.1. The average molecular weight is 399 g/mol. The lowest BCUT2D eigenvalue weighted by atomic mass is 9.81. The van der Waals surface area contributed by atoms with Gasteiger partial charge in [0, 0.05) is 25.2 Å². The molecule has 2 aromatic rings. The van der Waals surface area contributed by atoms with Crippen molar-refractivity contribution in [2.75, 3.05) is 6.54 Å². The van der Waals surface area contributed by atoms with E-state index in [1.54, 1.807) is 23.1 Å². The molecule has 0 aromatic heterocycles. The van der Waals surface area contributed by atoms with E-state index < -0.39 is 0 Å². The molecule has 29 heavy (non-hydrogen) atoms. The van der Waals surface area contributed by atoms with Gasteiger partial charge >= 0.3 is 0 Å². The van der Waals surface area contributed by atoms with E-state index >= 15 is 0 Å². The van der Waals surface area contributed by atoms with Crippen LogP contribution in [0.4, 0.5) is 4.39 Å². The predicted octanol–water partition coefficient (Wildman–Crippen LogP) is 4.33. The highest BCUT2D eigenvalue weighted by molar-refractivity contribution is 5.48. The van der Waals surface area contributed by atoms with Gasteiger partial charge in [-0.25, -0.2) is 4.39 Å². The number of carbonyl (C=O) groups is 2. The van der Waals surface area contributed by atoms with Crippen molar-refractivity contribution in [3.63, 3.8) is 0 Å². The summed E-state index contributed by atoms with van der Waals surface area (Å²) in [5.74, 6) is -0.0821. The van der Waals surface area contributed by atoms with Gasteiger partial charge < -0.3 is 10.2 Å². The Morgan fingerprint density at radius 1 is 1.00 bits per heavy atom. The third-order valence-electron chi connectivity index (χ3n) is 4.88. The molecule has 4 nitrogen and oxygen atoms in total. The summed E-state index contributed by atoms with van der Waals surface area (Å²) >= 11 is 0.